The molecule has 6 nitrogen and oxygen atoms in total. The zero-order chi connectivity index (χ0) is 14.4. The third kappa shape index (κ3) is 1.77. The Morgan fingerprint density at radius 3 is 2.45 bits per heavy atom. The molecule has 2 heterocycles. The average molecular weight is 291 g/mol. The molecular weight excluding hydrogens is 280 g/mol. The Morgan fingerprint density at radius 1 is 1.15 bits per heavy atom. The Hall–Kier alpha value is -2.34. The minimum absolute atomic E-state index is 0.373. The van der Waals surface area contributed by atoms with Gasteiger partial charge < -0.3 is 0 Å². The summed E-state index contributed by atoms with van der Waals surface area (Å²) >= 11 is 5.86. The lowest BCUT2D eigenvalue weighted by atomic mass is 10.1. The standard InChI is InChI=1S/C13H11ClN4O2/c1-17-12(19)9-10(7-3-5-8(14)6-4-7)16-18(2)11(9)15-13(17)20/h3-6H,1-2H3,(H,15,20). The lowest BCUT2D eigenvalue weighted by Crippen LogP contribution is -2.32. The largest absolute Gasteiger partial charge is 0.329 e. The summed E-state index contributed by atoms with van der Waals surface area (Å²) in [5.41, 5.74) is 0.859. The highest BCUT2D eigenvalue weighted by Crippen LogP contribution is 2.24. The molecule has 0 aliphatic rings. The van der Waals surface area contributed by atoms with Crippen LogP contribution in [0, 0.1) is 0 Å². The Labute approximate surface area is 118 Å². The summed E-state index contributed by atoms with van der Waals surface area (Å²) in [6.07, 6.45) is 0. The summed E-state index contributed by atoms with van der Waals surface area (Å²) in [6.45, 7) is 0. The molecule has 0 fully saturated rings. The van der Waals surface area contributed by atoms with E-state index in [1.165, 1.54) is 11.7 Å². The van der Waals surface area contributed by atoms with Gasteiger partial charge in [-0.3, -0.25) is 19.0 Å². The zero-order valence-corrected chi connectivity index (χ0v) is 11.6. The van der Waals surface area contributed by atoms with Gasteiger partial charge in [0.1, 0.15) is 16.7 Å². The highest BCUT2D eigenvalue weighted by atomic mass is 35.5. The molecule has 0 spiro atoms. The van der Waals surface area contributed by atoms with Crippen molar-refractivity contribution in [3.8, 4) is 11.3 Å². The summed E-state index contributed by atoms with van der Waals surface area (Å²) in [5, 5.41) is 5.32. The molecule has 0 radical (unpaired) electrons. The number of aromatic amines is 1. The first kappa shape index (κ1) is 12.7. The van der Waals surface area contributed by atoms with Crippen LogP contribution < -0.4 is 11.2 Å². The maximum Gasteiger partial charge on any atom is 0.329 e. The Balaban J connectivity index is 2.43. The number of benzene rings is 1. The summed E-state index contributed by atoms with van der Waals surface area (Å²) in [4.78, 5) is 26.6. The summed E-state index contributed by atoms with van der Waals surface area (Å²) in [5.74, 6) is 0. The fourth-order valence-corrected chi connectivity index (χ4v) is 2.25. The van der Waals surface area contributed by atoms with Gasteiger partial charge in [-0.25, -0.2) is 4.79 Å². The van der Waals surface area contributed by atoms with Crippen molar-refractivity contribution in [3.05, 3.63) is 50.1 Å². The number of hydrogen-bond donors (Lipinski definition) is 1. The van der Waals surface area contributed by atoms with Gasteiger partial charge in [-0.1, -0.05) is 23.7 Å². The van der Waals surface area contributed by atoms with Crippen LogP contribution >= 0.6 is 11.6 Å². The van der Waals surface area contributed by atoms with Gasteiger partial charge in [-0.15, -0.1) is 0 Å². The quantitative estimate of drug-likeness (QED) is 0.734. The van der Waals surface area contributed by atoms with Gasteiger partial charge in [0, 0.05) is 24.7 Å². The van der Waals surface area contributed by atoms with E-state index in [-0.39, 0.29) is 5.56 Å². The van der Waals surface area contributed by atoms with Crippen molar-refractivity contribution in [1.29, 1.82) is 0 Å². The molecule has 102 valence electrons. The lowest BCUT2D eigenvalue weighted by molar-refractivity contribution is 0.759. The number of halogens is 1. The molecule has 2 aromatic heterocycles. The zero-order valence-electron chi connectivity index (χ0n) is 10.8. The van der Waals surface area contributed by atoms with Gasteiger partial charge in [0.25, 0.3) is 5.56 Å². The van der Waals surface area contributed by atoms with Crippen molar-refractivity contribution < 1.29 is 0 Å². The second kappa shape index (κ2) is 4.35. The highest BCUT2D eigenvalue weighted by molar-refractivity contribution is 6.30. The van der Waals surface area contributed by atoms with Crippen molar-refractivity contribution in [1.82, 2.24) is 19.3 Å². The van der Waals surface area contributed by atoms with E-state index in [1.807, 2.05) is 0 Å². The molecule has 1 N–H and O–H groups in total. The molecule has 0 saturated heterocycles. The van der Waals surface area contributed by atoms with Crippen molar-refractivity contribution in [2.45, 2.75) is 0 Å². The molecule has 0 aliphatic heterocycles. The van der Waals surface area contributed by atoms with Gasteiger partial charge in [-0.05, 0) is 12.1 Å². The number of rotatable bonds is 1. The van der Waals surface area contributed by atoms with Crippen LogP contribution in [0.5, 0.6) is 0 Å². The number of fused-ring (bicyclic) bond motifs is 1. The van der Waals surface area contributed by atoms with Crippen molar-refractivity contribution in [3.63, 3.8) is 0 Å². The van der Waals surface area contributed by atoms with Crippen molar-refractivity contribution in [2.75, 3.05) is 0 Å². The molecule has 0 aliphatic carbocycles. The van der Waals surface area contributed by atoms with E-state index >= 15 is 0 Å². The SMILES string of the molecule is Cn1c(=O)[nH]c2c(c(-c3ccc(Cl)cc3)nn2C)c1=O. The summed E-state index contributed by atoms with van der Waals surface area (Å²) < 4.78 is 2.52. The van der Waals surface area contributed by atoms with E-state index in [1.54, 1.807) is 31.3 Å². The highest BCUT2D eigenvalue weighted by Gasteiger charge is 2.16. The van der Waals surface area contributed by atoms with Gasteiger partial charge >= 0.3 is 5.69 Å². The first-order valence-electron chi connectivity index (χ1n) is 5.91. The third-order valence-electron chi connectivity index (χ3n) is 3.21. The van der Waals surface area contributed by atoms with Crippen LogP contribution in [0.15, 0.2) is 33.9 Å². The average Bonchev–Trinajstić information content (AvgIpc) is 2.74. The first-order chi connectivity index (χ1) is 9.49. The molecule has 0 amide bonds. The minimum atomic E-state index is -0.465. The second-order valence-electron chi connectivity index (χ2n) is 4.50. The predicted molar refractivity (Wildman–Crippen MR) is 77.0 cm³/mol. The minimum Gasteiger partial charge on any atom is -0.291 e. The second-order valence-corrected chi connectivity index (χ2v) is 4.93. The Kier molecular flexibility index (Phi) is 2.76. The van der Waals surface area contributed by atoms with E-state index < -0.39 is 5.69 Å². The first-order valence-corrected chi connectivity index (χ1v) is 6.29. The van der Waals surface area contributed by atoms with E-state index in [0.717, 1.165) is 10.1 Å². The van der Waals surface area contributed by atoms with E-state index in [2.05, 4.69) is 10.1 Å². The van der Waals surface area contributed by atoms with Gasteiger partial charge in [0.05, 0.1) is 0 Å². The van der Waals surface area contributed by atoms with Crippen LogP contribution in [0.4, 0.5) is 0 Å². The summed E-state index contributed by atoms with van der Waals surface area (Å²) in [6, 6.07) is 7.03. The van der Waals surface area contributed by atoms with Crippen LogP contribution in [-0.4, -0.2) is 19.3 Å². The number of nitrogens with one attached hydrogen (secondary N) is 1. The van der Waals surface area contributed by atoms with Crippen LogP contribution in [0.2, 0.25) is 5.02 Å². The molecule has 3 aromatic rings. The number of hydrogen-bond acceptors (Lipinski definition) is 3. The van der Waals surface area contributed by atoms with Crippen molar-refractivity contribution in [2.24, 2.45) is 14.1 Å². The molecule has 0 unspecified atom stereocenters. The fourth-order valence-electron chi connectivity index (χ4n) is 2.12. The van der Waals surface area contributed by atoms with Crippen LogP contribution in [-0.2, 0) is 14.1 Å². The normalized spacial score (nSPS) is 11.2. The van der Waals surface area contributed by atoms with Crippen LogP contribution in [0.1, 0.15) is 0 Å². The Morgan fingerprint density at radius 2 is 1.80 bits per heavy atom. The van der Waals surface area contributed by atoms with E-state index in [9.17, 15) is 9.59 Å². The number of nitrogens with zero attached hydrogens (tertiary/aromatic N) is 3. The van der Waals surface area contributed by atoms with E-state index in [4.69, 9.17) is 11.6 Å². The molecule has 3 rings (SSSR count). The van der Waals surface area contributed by atoms with Crippen molar-refractivity contribution >= 4 is 22.6 Å². The lowest BCUT2D eigenvalue weighted by Gasteiger charge is -1.99. The Bertz CT molecular complexity index is 918. The topological polar surface area (TPSA) is 72.7 Å². The molecule has 7 heteroatoms. The molecule has 0 bridgehead atoms. The third-order valence-corrected chi connectivity index (χ3v) is 3.47. The van der Waals surface area contributed by atoms with Crippen LogP contribution in [0.25, 0.3) is 22.3 Å². The molecule has 1 aromatic carbocycles. The maximum absolute atomic E-state index is 12.3. The van der Waals surface area contributed by atoms with Gasteiger partial charge in [0.2, 0.25) is 0 Å². The maximum atomic E-state index is 12.3. The van der Waals surface area contributed by atoms with E-state index in [0.29, 0.717) is 21.7 Å². The van der Waals surface area contributed by atoms with Gasteiger partial charge in [-0.2, -0.15) is 5.10 Å². The monoisotopic (exact) mass is 290 g/mol. The number of aromatic nitrogens is 4. The van der Waals surface area contributed by atoms with Crippen LogP contribution in [0.3, 0.4) is 0 Å². The smallest absolute Gasteiger partial charge is 0.291 e. The molecule has 20 heavy (non-hydrogen) atoms. The predicted octanol–water partition coefficient (Wildman–Crippen LogP) is 1.28. The fraction of sp³-hybridized carbons (Fsp3) is 0.154. The number of H-pyrrole nitrogens is 1. The summed E-state index contributed by atoms with van der Waals surface area (Å²) in [7, 11) is 3.11. The molecule has 0 atom stereocenters. The molecular formula is C13H11ClN4O2. The van der Waals surface area contributed by atoms with Gasteiger partial charge in [0.15, 0.2) is 0 Å². The molecule has 0 saturated carbocycles. The number of aryl methyl sites for hydroxylation is 1.